The van der Waals surface area contributed by atoms with Crippen LogP contribution in [0.2, 0.25) is 0 Å². The second-order valence-corrected chi connectivity index (χ2v) is 5.22. The number of rotatable bonds is 6. The molecule has 2 rings (SSSR count). The molecule has 1 aromatic carbocycles. The molecule has 0 saturated heterocycles. The standard InChI is InChI=1S/C14H15N5OS/c15-9-10-4-1-2-5-11(10)20-6-3-7-21-14-18-12(16)8-13(17)19-14/h1-2,4-5,8H,3,6-7H2,(H4,16,17,18,19). The topological polar surface area (TPSA) is 111 Å². The molecule has 0 fully saturated rings. The van der Waals surface area contributed by atoms with Crippen molar-refractivity contribution in [2.45, 2.75) is 11.6 Å². The zero-order chi connectivity index (χ0) is 15.1. The van der Waals surface area contributed by atoms with Crippen molar-refractivity contribution in [2.24, 2.45) is 0 Å². The molecule has 2 aromatic rings. The summed E-state index contributed by atoms with van der Waals surface area (Å²) in [4.78, 5) is 8.17. The Bertz CT molecular complexity index is 636. The summed E-state index contributed by atoms with van der Waals surface area (Å²) in [6, 6.07) is 10.8. The number of hydrogen-bond donors (Lipinski definition) is 2. The number of nitrogen functional groups attached to an aromatic ring is 2. The number of anilines is 2. The van der Waals surface area contributed by atoms with Crippen molar-refractivity contribution >= 4 is 23.4 Å². The maximum Gasteiger partial charge on any atom is 0.191 e. The van der Waals surface area contributed by atoms with Crippen LogP contribution in [0.15, 0.2) is 35.5 Å². The number of nitrogens with zero attached hydrogens (tertiary/aromatic N) is 3. The van der Waals surface area contributed by atoms with E-state index in [9.17, 15) is 0 Å². The van der Waals surface area contributed by atoms with Gasteiger partial charge in [-0.2, -0.15) is 5.26 Å². The van der Waals surface area contributed by atoms with Gasteiger partial charge in [-0.25, -0.2) is 9.97 Å². The summed E-state index contributed by atoms with van der Waals surface area (Å²) in [5, 5.41) is 9.51. The molecule has 0 aliphatic heterocycles. The van der Waals surface area contributed by atoms with Crippen molar-refractivity contribution in [1.82, 2.24) is 9.97 Å². The molecule has 0 aliphatic carbocycles. The SMILES string of the molecule is N#Cc1ccccc1OCCCSc1nc(N)cc(N)n1. The number of benzene rings is 1. The number of hydrogen-bond acceptors (Lipinski definition) is 7. The fourth-order valence-corrected chi connectivity index (χ4v) is 2.40. The molecule has 0 radical (unpaired) electrons. The maximum absolute atomic E-state index is 8.95. The summed E-state index contributed by atoms with van der Waals surface area (Å²) in [5.74, 6) is 2.11. The van der Waals surface area contributed by atoms with Crippen LogP contribution < -0.4 is 16.2 Å². The largest absolute Gasteiger partial charge is 0.492 e. The summed E-state index contributed by atoms with van der Waals surface area (Å²) in [6.07, 6.45) is 0.794. The van der Waals surface area contributed by atoms with Gasteiger partial charge in [-0.3, -0.25) is 0 Å². The number of nitrogens with two attached hydrogens (primary N) is 2. The zero-order valence-corrected chi connectivity index (χ0v) is 12.1. The van der Waals surface area contributed by atoms with E-state index in [-0.39, 0.29) is 0 Å². The Morgan fingerprint density at radius 2 is 1.90 bits per heavy atom. The van der Waals surface area contributed by atoms with Crippen molar-refractivity contribution in [1.29, 1.82) is 5.26 Å². The minimum atomic E-state index is 0.365. The Hall–Kier alpha value is -2.46. The van der Waals surface area contributed by atoms with Gasteiger partial charge >= 0.3 is 0 Å². The lowest BCUT2D eigenvalue weighted by molar-refractivity contribution is 0.318. The van der Waals surface area contributed by atoms with E-state index in [1.54, 1.807) is 12.1 Å². The number of aromatic nitrogens is 2. The minimum absolute atomic E-state index is 0.365. The van der Waals surface area contributed by atoms with E-state index in [2.05, 4.69) is 16.0 Å². The van der Waals surface area contributed by atoms with Crippen molar-refractivity contribution in [3.8, 4) is 11.8 Å². The Morgan fingerprint density at radius 3 is 2.62 bits per heavy atom. The molecule has 21 heavy (non-hydrogen) atoms. The number of para-hydroxylation sites is 1. The van der Waals surface area contributed by atoms with Crippen LogP contribution in [0.5, 0.6) is 5.75 Å². The predicted molar refractivity (Wildman–Crippen MR) is 82.8 cm³/mol. The van der Waals surface area contributed by atoms with Gasteiger partial charge in [-0.15, -0.1) is 0 Å². The summed E-state index contributed by atoms with van der Waals surface area (Å²) in [5.41, 5.74) is 11.7. The van der Waals surface area contributed by atoms with Crippen molar-refractivity contribution in [2.75, 3.05) is 23.8 Å². The first-order valence-corrected chi connectivity index (χ1v) is 7.32. The molecule has 1 aromatic heterocycles. The molecule has 0 saturated carbocycles. The van der Waals surface area contributed by atoms with Gasteiger partial charge < -0.3 is 16.2 Å². The van der Waals surface area contributed by atoms with E-state index in [0.29, 0.717) is 34.7 Å². The van der Waals surface area contributed by atoms with Crippen molar-refractivity contribution < 1.29 is 4.74 Å². The van der Waals surface area contributed by atoms with E-state index in [0.717, 1.165) is 12.2 Å². The fraction of sp³-hybridized carbons (Fsp3) is 0.214. The maximum atomic E-state index is 8.95. The van der Waals surface area contributed by atoms with E-state index in [4.69, 9.17) is 21.5 Å². The summed E-state index contributed by atoms with van der Waals surface area (Å²) in [7, 11) is 0. The molecular formula is C14H15N5OS. The Morgan fingerprint density at radius 1 is 1.19 bits per heavy atom. The Kier molecular flexibility index (Phi) is 5.23. The monoisotopic (exact) mass is 301 g/mol. The molecule has 7 heteroatoms. The van der Waals surface area contributed by atoms with Crippen LogP contribution >= 0.6 is 11.8 Å². The second-order valence-electron chi connectivity index (χ2n) is 4.16. The van der Waals surface area contributed by atoms with Crippen LogP contribution in [-0.4, -0.2) is 22.3 Å². The van der Waals surface area contributed by atoms with Gasteiger partial charge in [-0.1, -0.05) is 23.9 Å². The molecule has 1 heterocycles. The van der Waals surface area contributed by atoms with E-state index in [1.807, 2.05) is 12.1 Å². The van der Waals surface area contributed by atoms with Crippen LogP contribution in [0.1, 0.15) is 12.0 Å². The Labute approximate surface area is 127 Å². The summed E-state index contributed by atoms with van der Waals surface area (Å²) >= 11 is 1.47. The van der Waals surface area contributed by atoms with Crippen LogP contribution in [0, 0.1) is 11.3 Å². The van der Waals surface area contributed by atoms with E-state index >= 15 is 0 Å². The van der Waals surface area contributed by atoms with Crippen LogP contribution in [0.4, 0.5) is 11.6 Å². The van der Waals surface area contributed by atoms with Gasteiger partial charge in [0.05, 0.1) is 12.2 Å². The van der Waals surface area contributed by atoms with Gasteiger partial charge in [0.1, 0.15) is 23.5 Å². The molecule has 0 spiro atoms. The molecule has 0 unspecified atom stereocenters. The van der Waals surface area contributed by atoms with Crippen molar-refractivity contribution in [3.63, 3.8) is 0 Å². The molecule has 4 N–H and O–H groups in total. The van der Waals surface area contributed by atoms with Crippen LogP contribution in [0.25, 0.3) is 0 Å². The molecule has 6 nitrogen and oxygen atoms in total. The highest BCUT2D eigenvalue weighted by atomic mass is 32.2. The highest BCUT2D eigenvalue weighted by Gasteiger charge is 2.03. The highest BCUT2D eigenvalue weighted by molar-refractivity contribution is 7.99. The van der Waals surface area contributed by atoms with E-state index in [1.165, 1.54) is 17.8 Å². The zero-order valence-electron chi connectivity index (χ0n) is 11.3. The molecule has 0 amide bonds. The lowest BCUT2D eigenvalue weighted by atomic mass is 10.2. The first kappa shape index (κ1) is 14.9. The van der Waals surface area contributed by atoms with Crippen LogP contribution in [-0.2, 0) is 0 Å². The van der Waals surface area contributed by atoms with Crippen molar-refractivity contribution in [3.05, 3.63) is 35.9 Å². The lowest BCUT2D eigenvalue weighted by Gasteiger charge is -2.07. The molecule has 0 bridgehead atoms. The molecule has 0 atom stereocenters. The molecule has 0 aliphatic rings. The van der Waals surface area contributed by atoms with Gasteiger partial charge in [0.25, 0.3) is 0 Å². The van der Waals surface area contributed by atoms with Gasteiger partial charge in [0, 0.05) is 11.8 Å². The van der Waals surface area contributed by atoms with E-state index < -0.39 is 0 Å². The minimum Gasteiger partial charge on any atom is -0.492 e. The third-order valence-electron chi connectivity index (χ3n) is 2.53. The van der Waals surface area contributed by atoms with Gasteiger partial charge in [-0.05, 0) is 18.6 Å². The third kappa shape index (κ3) is 4.54. The number of nitriles is 1. The third-order valence-corrected chi connectivity index (χ3v) is 3.46. The van der Waals surface area contributed by atoms with Gasteiger partial charge in [0.2, 0.25) is 0 Å². The fourth-order valence-electron chi connectivity index (χ4n) is 1.62. The smallest absolute Gasteiger partial charge is 0.191 e. The quantitative estimate of drug-likeness (QED) is 0.477. The summed E-state index contributed by atoms with van der Waals surface area (Å²) < 4.78 is 5.59. The molecular weight excluding hydrogens is 286 g/mol. The Balaban J connectivity index is 1.76. The van der Waals surface area contributed by atoms with Crippen LogP contribution in [0.3, 0.4) is 0 Å². The predicted octanol–water partition coefficient (Wildman–Crippen LogP) is 2.07. The second kappa shape index (κ2) is 7.36. The lowest BCUT2D eigenvalue weighted by Crippen LogP contribution is -2.02. The normalized spacial score (nSPS) is 10.0. The van der Waals surface area contributed by atoms with Gasteiger partial charge in [0.15, 0.2) is 5.16 Å². The first-order chi connectivity index (χ1) is 10.2. The number of thioether (sulfide) groups is 1. The first-order valence-electron chi connectivity index (χ1n) is 6.34. The number of ether oxygens (including phenoxy) is 1. The molecule has 108 valence electrons. The summed E-state index contributed by atoms with van der Waals surface area (Å²) in [6.45, 7) is 0.517. The average molecular weight is 301 g/mol. The average Bonchev–Trinajstić information content (AvgIpc) is 2.46. The highest BCUT2D eigenvalue weighted by Crippen LogP contribution is 2.19.